The van der Waals surface area contributed by atoms with Crippen molar-refractivity contribution in [2.45, 2.75) is 46.0 Å². The second kappa shape index (κ2) is 11.0. The van der Waals surface area contributed by atoms with Crippen LogP contribution >= 0.6 is 0 Å². The Morgan fingerprint density at radius 3 is 2.03 bits per heavy atom. The molecule has 1 atom stereocenters. The minimum atomic E-state index is -0.972. The highest BCUT2D eigenvalue weighted by Gasteiger charge is 2.15. The monoisotopic (exact) mass is 413 g/mol. The van der Waals surface area contributed by atoms with Crippen LogP contribution in [-0.4, -0.2) is 49.8 Å². The van der Waals surface area contributed by atoms with Crippen molar-refractivity contribution in [1.29, 1.82) is 0 Å². The van der Waals surface area contributed by atoms with Crippen LogP contribution in [-0.2, 0) is 4.79 Å². The highest BCUT2D eigenvalue weighted by atomic mass is 16.5. The lowest BCUT2D eigenvalue weighted by atomic mass is 9.92. The zero-order valence-electron chi connectivity index (χ0n) is 19.1. The van der Waals surface area contributed by atoms with Gasteiger partial charge in [0.05, 0.1) is 0 Å². The van der Waals surface area contributed by atoms with Crippen molar-refractivity contribution in [3.05, 3.63) is 47.5 Å². The molecule has 0 aliphatic carbocycles. The summed E-state index contributed by atoms with van der Waals surface area (Å²) in [6.45, 7) is 9.79. The molecule has 0 aliphatic heterocycles. The molecule has 0 radical (unpaired) electrons. The maximum Gasteiger partial charge on any atom is 0.341 e. The standard InChI is InChI=1S/C25H35NO4/c1-7-18(4)22-15-20(9-11-24(22)30-16-25(27)28)19-8-10-23(21(14-19)17(2)3)29-13-12-26(5)6/h8-11,14-15,17-18H,7,12-13,16H2,1-6H3,(H,27,28). The van der Waals surface area contributed by atoms with Crippen molar-refractivity contribution in [3.63, 3.8) is 0 Å². The molecule has 0 aliphatic rings. The average molecular weight is 414 g/mol. The van der Waals surface area contributed by atoms with E-state index in [1.165, 1.54) is 5.56 Å². The number of nitrogens with zero attached hydrogens (tertiary/aromatic N) is 1. The molecule has 0 bridgehead atoms. The Hall–Kier alpha value is -2.53. The van der Waals surface area contributed by atoms with Gasteiger partial charge in [-0.25, -0.2) is 4.79 Å². The molecule has 5 heteroatoms. The summed E-state index contributed by atoms with van der Waals surface area (Å²) >= 11 is 0. The van der Waals surface area contributed by atoms with Gasteiger partial charge < -0.3 is 19.5 Å². The van der Waals surface area contributed by atoms with E-state index in [2.05, 4.69) is 56.9 Å². The molecule has 0 spiro atoms. The third-order valence-corrected chi connectivity index (χ3v) is 5.27. The van der Waals surface area contributed by atoms with E-state index >= 15 is 0 Å². The molecule has 5 nitrogen and oxygen atoms in total. The summed E-state index contributed by atoms with van der Waals surface area (Å²) in [5, 5.41) is 8.95. The van der Waals surface area contributed by atoms with Crippen LogP contribution in [0.5, 0.6) is 11.5 Å². The van der Waals surface area contributed by atoms with Crippen LogP contribution in [0.2, 0.25) is 0 Å². The first-order valence-electron chi connectivity index (χ1n) is 10.6. The minimum Gasteiger partial charge on any atom is -0.492 e. The molecule has 0 aromatic heterocycles. The number of ether oxygens (including phenoxy) is 2. The van der Waals surface area contributed by atoms with Crippen molar-refractivity contribution in [3.8, 4) is 22.6 Å². The van der Waals surface area contributed by atoms with Gasteiger partial charge in [-0.1, -0.05) is 39.8 Å². The van der Waals surface area contributed by atoms with Crippen LogP contribution in [0.4, 0.5) is 0 Å². The molecule has 164 valence electrons. The zero-order valence-corrected chi connectivity index (χ0v) is 19.1. The first-order valence-corrected chi connectivity index (χ1v) is 10.6. The SMILES string of the molecule is CCC(C)c1cc(-c2ccc(OCCN(C)C)c(C(C)C)c2)ccc1OCC(=O)O. The van der Waals surface area contributed by atoms with Crippen molar-refractivity contribution in [1.82, 2.24) is 4.90 Å². The van der Waals surface area contributed by atoms with Crippen molar-refractivity contribution < 1.29 is 19.4 Å². The van der Waals surface area contributed by atoms with Gasteiger partial charge in [-0.2, -0.15) is 0 Å². The predicted octanol–water partition coefficient (Wildman–Crippen LogP) is 5.39. The average Bonchev–Trinajstić information content (AvgIpc) is 2.71. The molecular formula is C25H35NO4. The Balaban J connectivity index is 2.37. The molecule has 1 N–H and O–H groups in total. The predicted molar refractivity (Wildman–Crippen MR) is 122 cm³/mol. The Morgan fingerprint density at radius 2 is 1.53 bits per heavy atom. The molecule has 0 saturated carbocycles. The number of carboxylic acids is 1. The molecule has 0 fully saturated rings. The number of benzene rings is 2. The summed E-state index contributed by atoms with van der Waals surface area (Å²) in [5.41, 5.74) is 4.43. The summed E-state index contributed by atoms with van der Waals surface area (Å²) in [6.07, 6.45) is 0.947. The van der Waals surface area contributed by atoms with Gasteiger partial charge in [0.1, 0.15) is 18.1 Å². The summed E-state index contributed by atoms with van der Waals surface area (Å²) in [6, 6.07) is 12.3. The Kier molecular flexibility index (Phi) is 8.72. The molecule has 0 saturated heterocycles. The van der Waals surface area contributed by atoms with Crippen LogP contribution in [0.15, 0.2) is 36.4 Å². The lowest BCUT2D eigenvalue weighted by molar-refractivity contribution is -0.139. The van der Waals surface area contributed by atoms with Gasteiger partial charge in [0, 0.05) is 6.54 Å². The van der Waals surface area contributed by atoms with Crippen LogP contribution in [0.1, 0.15) is 57.1 Å². The lowest BCUT2D eigenvalue weighted by Crippen LogP contribution is -2.19. The van der Waals surface area contributed by atoms with Crippen LogP contribution in [0, 0.1) is 0 Å². The van der Waals surface area contributed by atoms with E-state index in [0.29, 0.717) is 18.3 Å². The van der Waals surface area contributed by atoms with Crippen LogP contribution in [0.3, 0.4) is 0 Å². The zero-order chi connectivity index (χ0) is 22.3. The number of carbonyl (C=O) groups is 1. The Labute approximate surface area is 180 Å². The smallest absolute Gasteiger partial charge is 0.341 e. The third-order valence-electron chi connectivity index (χ3n) is 5.27. The van der Waals surface area contributed by atoms with Gasteiger partial charge in [0.2, 0.25) is 0 Å². The van der Waals surface area contributed by atoms with E-state index in [9.17, 15) is 4.79 Å². The van der Waals surface area contributed by atoms with Gasteiger partial charge in [-0.3, -0.25) is 0 Å². The number of carboxylic acid groups (broad SMARTS) is 1. The lowest BCUT2D eigenvalue weighted by Gasteiger charge is -2.19. The van der Waals surface area contributed by atoms with Crippen LogP contribution < -0.4 is 9.47 Å². The topological polar surface area (TPSA) is 59.0 Å². The van der Waals surface area contributed by atoms with Gasteiger partial charge in [0.15, 0.2) is 6.61 Å². The van der Waals surface area contributed by atoms with Gasteiger partial charge in [-0.05, 0) is 78.9 Å². The summed E-state index contributed by atoms with van der Waals surface area (Å²) in [4.78, 5) is 13.0. The van der Waals surface area contributed by atoms with E-state index in [1.54, 1.807) is 0 Å². The fourth-order valence-electron chi connectivity index (χ4n) is 3.25. The third kappa shape index (κ3) is 6.49. The second-order valence-corrected chi connectivity index (χ2v) is 8.30. The largest absolute Gasteiger partial charge is 0.492 e. The molecular weight excluding hydrogens is 378 g/mol. The number of rotatable bonds is 11. The fourth-order valence-corrected chi connectivity index (χ4v) is 3.25. The number of aliphatic carboxylic acids is 1. The quantitative estimate of drug-likeness (QED) is 0.535. The van der Waals surface area contributed by atoms with Gasteiger partial charge in [-0.15, -0.1) is 0 Å². The highest BCUT2D eigenvalue weighted by molar-refractivity contribution is 5.70. The number of hydrogen-bond acceptors (Lipinski definition) is 4. The van der Waals surface area contributed by atoms with Crippen LogP contribution in [0.25, 0.3) is 11.1 Å². The summed E-state index contributed by atoms with van der Waals surface area (Å²) in [5.74, 6) is 1.21. The minimum absolute atomic E-state index is 0.270. The maximum atomic E-state index is 10.9. The molecule has 1 unspecified atom stereocenters. The van der Waals surface area contributed by atoms with E-state index in [1.807, 2.05) is 26.2 Å². The maximum absolute atomic E-state index is 10.9. The first kappa shape index (κ1) is 23.7. The molecule has 0 heterocycles. The molecule has 2 rings (SSSR count). The summed E-state index contributed by atoms with van der Waals surface area (Å²) < 4.78 is 11.6. The molecule has 0 amide bonds. The number of likely N-dealkylation sites (N-methyl/N-ethyl adjacent to an activating group) is 1. The van der Waals surface area contributed by atoms with E-state index in [4.69, 9.17) is 14.6 Å². The van der Waals surface area contributed by atoms with E-state index < -0.39 is 5.97 Å². The molecule has 2 aromatic carbocycles. The number of hydrogen-bond donors (Lipinski definition) is 1. The first-order chi connectivity index (χ1) is 14.2. The van der Waals surface area contributed by atoms with E-state index in [0.717, 1.165) is 35.4 Å². The highest BCUT2D eigenvalue weighted by Crippen LogP contribution is 2.36. The van der Waals surface area contributed by atoms with E-state index in [-0.39, 0.29) is 12.5 Å². The molecule has 30 heavy (non-hydrogen) atoms. The normalized spacial score (nSPS) is 12.3. The second-order valence-electron chi connectivity index (χ2n) is 8.30. The van der Waals surface area contributed by atoms with Crippen molar-refractivity contribution in [2.24, 2.45) is 0 Å². The van der Waals surface area contributed by atoms with Gasteiger partial charge in [0.25, 0.3) is 0 Å². The Morgan fingerprint density at radius 1 is 0.967 bits per heavy atom. The fraction of sp³-hybridized carbons (Fsp3) is 0.480. The molecule has 2 aromatic rings. The summed E-state index contributed by atoms with van der Waals surface area (Å²) in [7, 11) is 4.07. The van der Waals surface area contributed by atoms with Gasteiger partial charge >= 0.3 is 5.97 Å². The van der Waals surface area contributed by atoms with Crippen molar-refractivity contribution in [2.75, 3.05) is 33.9 Å². The Bertz CT molecular complexity index is 845. The van der Waals surface area contributed by atoms with Crippen molar-refractivity contribution >= 4 is 5.97 Å².